The molecule has 1 aromatic rings. The lowest BCUT2D eigenvalue weighted by Crippen LogP contribution is -2.48. The van der Waals surface area contributed by atoms with Crippen molar-refractivity contribution < 1.29 is 14.5 Å². The van der Waals surface area contributed by atoms with Crippen LogP contribution in [-0.4, -0.2) is 41.6 Å². The number of piperidine rings is 1. The average Bonchev–Trinajstić information content (AvgIpc) is 2.52. The largest absolute Gasteiger partial charge is 0.475 e. The zero-order valence-electron chi connectivity index (χ0n) is 12.3. The third-order valence-corrected chi connectivity index (χ3v) is 4.02. The first-order valence-electron chi connectivity index (χ1n) is 7.40. The molecule has 22 heavy (non-hydrogen) atoms. The lowest BCUT2D eigenvalue weighted by molar-refractivity contribution is -0.389. The molecule has 3 rings (SSSR count). The highest BCUT2D eigenvalue weighted by Crippen LogP contribution is 2.34. The van der Waals surface area contributed by atoms with Crippen molar-refractivity contribution in [3.63, 3.8) is 0 Å². The number of nitro groups is 1. The highest BCUT2D eigenvalue weighted by molar-refractivity contribution is 5.98. The van der Waals surface area contributed by atoms with E-state index in [2.05, 4.69) is 10.3 Å². The minimum atomic E-state index is -0.604. The number of anilines is 1. The molecular weight excluding hydrogens is 288 g/mol. The molecular formula is C14H18N4O4. The van der Waals surface area contributed by atoms with Gasteiger partial charge in [-0.1, -0.05) is 0 Å². The van der Waals surface area contributed by atoms with Crippen LogP contribution in [0.1, 0.15) is 19.8 Å². The molecule has 0 bridgehead atoms. The molecule has 8 heteroatoms. The first kappa shape index (κ1) is 14.7. The molecule has 1 aromatic heterocycles. The molecule has 2 atom stereocenters. The van der Waals surface area contributed by atoms with Crippen molar-refractivity contribution >= 4 is 17.5 Å². The van der Waals surface area contributed by atoms with E-state index in [-0.39, 0.29) is 17.5 Å². The molecule has 0 aromatic carbocycles. The average molecular weight is 306 g/mol. The summed E-state index contributed by atoms with van der Waals surface area (Å²) >= 11 is 0. The number of rotatable bonds is 3. The van der Waals surface area contributed by atoms with Crippen LogP contribution in [0.4, 0.5) is 11.6 Å². The van der Waals surface area contributed by atoms with E-state index >= 15 is 0 Å². The zero-order valence-corrected chi connectivity index (χ0v) is 12.3. The third kappa shape index (κ3) is 2.74. The number of hydrogen-bond donors (Lipinski definition) is 1. The van der Waals surface area contributed by atoms with Gasteiger partial charge in [0.25, 0.3) is 11.7 Å². The number of amides is 1. The van der Waals surface area contributed by atoms with Gasteiger partial charge in [0.1, 0.15) is 0 Å². The van der Waals surface area contributed by atoms with Crippen LogP contribution in [0, 0.1) is 16.0 Å². The number of nitrogens with zero attached hydrogens (tertiary/aromatic N) is 3. The second-order valence-electron chi connectivity index (χ2n) is 5.67. The van der Waals surface area contributed by atoms with Gasteiger partial charge < -0.3 is 20.2 Å². The molecule has 1 N–H and O–H groups in total. The summed E-state index contributed by atoms with van der Waals surface area (Å²) in [4.78, 5) is 28.3. The Morgan fingerprint density at radius 2 is 2.36 bits per heavy atom. The summed E-state index contributed by atoms with van der Waals surface area (Å²) < 4.78 is 5.51. The zero-order chi connectivity index (χ0) is 15.7. The molecule has 2 aliphatic rings. The maximum atomic E-state index is 12.4. The molecule has 0 spiro atoms. The minimum absolute atomic E-state index is 0.203. The second kappa shape index (κ2) is 5.88. The van der Waals surface area contributed by atoms with E-state index in [1.54, 1.807) is 6.92 Å². The quantitative estimate of drug-likeness (QED) is 0.663. The number of fused-ring (bicyclic) bond motifs is 1. The number of carbonyl (C=O) groups is 1. The number of ether oxygens (including phenoxy) is 1. The number of hydrogen-bond acceptors (Lipinski definition) is 6. The highest BCUT2D eigenvalue weighted by atomic mass is 16.6. The Balaban J connectivity index is 1.92. The highest BCUT2D eigenvalue weighted by Gasteiger charge is 2.37. The number of nitrogens with one attached hydrogen (secondary N) is 1. The molecule has 1 amide bonds. The molecule has 0 radical (unpaired) electrons. The van der Waals surface area contributed by atoms with Gasteiger partial charge in [-0.15, -0.1) is 0 Å². The Morgan fingerprint density at radius 3 is 3.05 bits per heavy atom. The van der Waals surface area contributed by atoms with Gasteiger partial charge in [0.15, 0.2) is 11.9 Å². The van der Waals surface area contributed by atoms with Crippen molar-refractivity contribution in [2.24, 2.45) is 5.92 Å². The van der Waals surface area contributed by atoms with Gasteiger partial charge in [-0.25, -0.2) is 0 Å². The van der Waals surface area contributed by atoms with E-state index in [1.807, 2.05) is 0 Å². The summed E-state index contributed by atoms with van der Waals surface area (Å²) in [5, 5.41) is 14.2. The van der Waals surface area contributed by atoms with Gasteiger partial charge in [-0.05, 0) is 54.7 Å². The smallest absolute Gasteiger partial charge is 0.366 e. The maximum absolute atomic E-state index is 12.4. The summed E-state index contributed by atoms with van der Waals surface area (Å²) in [7, 11) is 0. The van der Waals surface area contributed by atoms with Crippen LogP contribution in [0.5, 0.6) is 5.75 Å². The molecule has 3 heterocycles. The SMILES string of the molecule is CC1Oc2ccc([N+](=O)[O-])nc2N(CC2CCCNC2)C1=O. The summed E-state index contributed by atoms with van der Waals surface area (Å²) in [6.07, 6.45) is 1.48. The topological polar surface area (TPSA) is 97.6 Å². The van der Waals surface area contributed by atoms with Gasteiger partial charge in [-0.3, -0.25) is 9.69 Å². The van der Waals surface area contributed by atoms with Crippen LogP contribution in [0.3, 0.4) is 0 Å². The van der Waals surface area contributed by atoms with Crippen molar-refractivity contribution in [2.45, 2.75) is 25.9 Å². The van der Waals surface area contributed by atoms with Gasteiger partial charge in [-0.2, -0.15) is 0 Å². The van der Waals surface area contributed by atoms with Gasteiger partial charge >= 0.3 is 5.82 Å². The van der Waals surface area contributed by atoms with E-state index in [4.69, 9.17) is 4.74 Å². The second-order valence-corrected chi connectivity index (χ2v) is 5.67. The van der Waals surface area contributed by atoms with Crippen molar-refractivity contribution in [3.05, 3.63) is 22.2 Å². The fourth-order valence-corrected chi connectivity index (χ4v) is 2.89. The van der Waals surface area contributed by atoms with Gasteiger partial charge in [0.2, 0.25) is 0 Å². The van der Waals surface area contributed by atoms with Crippen molar-refractivity contribution in [2.75, 3.05) is 24.5 Å². The molecule has 2 aliphatic heterocycles. The van der Waals surface area contributed by atoms with Crippen LogP contribution in [0.2, 0.25) is 0 Å². The predicted octanol–water partition coefficient (Wildman–Crippen LogP) is 1.10. The summed E-state index contributed by atoms with van der Waals surface area (Å²) in [6, 6.07) is 2.80. The van der Waals surface area contributed by atoms with Crippen LogP contribution >= 0.6 is 0 Å². The van der Waals surface area contributed by atoms with Crippen molar-refractivity contribution in [1.29, 1.82) is 0 Å². The minimum Gasteiger partial charge on any atom is -0.475 e. The van der Waals surface area contributed by atoms with Crippen LogP contribution < -0.4 is 15.0 Å². The van der Waals surface area contributed by atoms with Crippen LogP contribution in [0.25, 0.3) is 0 Å². The van der Waals surface area contributed by atoms with Crippen molar-refractivity contribution in [1.82, 2.24) is 10.3 Å². The number of aromatic nitrogens is 1. The van der Waals surface area contributed by atoms with E-state index in [0.29, 0.717) is 18.2 Å². The third-order valence-electron chi connectivity index (χ3n) is 4.02. The molecule has 2 unspecified atom stereocenters. The molecule has 1 saturated heterocycles. The predicted molar refractivity (Wildman–Crippen MR) is 78.9 cm³/mol. The number of carbonyl (C=O) groups excluding carboxylic acids is 1. The van der Waals surface area contributed by atoms with E-state index < -0.39 is 11.0 Å². The fourth-order valence-electron chi connectivity index (χ4n) is 2.89. The Morgan fingerprint density at radius 1 is 1.55 bits per heavy atom. The number of pyridine rings is 1. The molecule has 0 saturated carbocycles. The first-order valence-corrected chi connectivity index (χ1v) is 7.40. The Bertz CT molecular complexity index is 601. The van der Waals surface area contributed by atoms with Gasteiger partial charge in [0, 0.05) is 12.6 Å². The Kier molecular flexibility index (Phi) is 3.93. The normalized spacial score (nSPS) is 24.6. The summed E-state index contributed by atoms with van der Waals surface area (Å²) in [6.45, 7) is 4.01. The van der Waals surface area contributed by atoms with Crippen LogP contribution in [-0.2, 0) is 4.79 Å². The monoisotopic (exact) mass is 306 g/mol. The molecule has 118 valence electrons. The maximum Gasteiger partial charge on any atom is 0.366 e. The lowest BCUT2D eigenvalue weighted by atomic mass is 9.98. The summed E-state index contributed by atoms with van der Waals surface area (Å²) in [5.41, 5.74) is 0. The van der Waals surface area contributed by atoms with E-state index in [1.165, 1.54) is 17.0 Å². The van der Waals surface area contributed by atoms with E-state index in [9.17, 15) is 14.9 Å². The standard InChI is InChI=1S/C14H18N4O4/c1-9-14(19)17(8-10-3-2-6-15-7-10)13-11(22-9)4-5-12(16-13)18(20)21/h4-5,9-10,15H,2-3,6-8H2,1H3. The molecule has 8 nitrogen and oxygen atoms in total. The molecule has 0 aliphatic carbocycles. The fraction of sp³-hybridized carbons (Fsp3) is 0.571. The van der Waals surface area contributed by atoms with E-state index in [0.717, 1.165) is 25.9 Å². The Hall–Kier alpha value is -2.22. The first-order chi connectivity index (χ1) is 10.6. The lowest BCUT2D eigenvalue weighted by Gasteiger charge is -2.33. The molecule has 1 fully saturated rings. The Labute approximate surface area is 127 Å². The van der Waals surface area contributed by atoms with Crippen molar-refractivity contribution in [3.8, 4) is 5.75 Å². The van der Waals surface area contributed by atoms with Crippen LogP contribution in [0.15, 0.2) is 12.1 Å². The van der Waals surface area contributed by atoms with Gasteiger partial charge in [0.05, 0.1) is 0 Å². The summed E-state index contributed by atoms with van der Waals surface area (Å²) in [5.74, 6) is 0.504.